The molecule has 258 valence electrons. The Labute approximate surface area is 311 Å². The van der Waals surface area contributed by atoms with Crippen LogP contribution in [0.2, 0.25) is 5.02 Å². The quantitative estimate of drug-likeness (QED) is 0.123. The van der Waals surface area contributed by atoms with E-state index in [0.717, 1.165) is 8.58 Å². The summed E-state index contributed by atoms with van der Waals surface area (Å²) in [4.78, 5) is 59.6. The summed E-state index contributed by atoms with van der Waals surface area (Å²) < 4.78 is 20.4. The Hall–Kier alpha value is -4.75. The van der Waals surface area contributed by atoms with Crippen LogP contribution in [0.1, 0.15) is 29.9 Å². The molecular formula is C39H30ClFIN3O6. The molecule has 4 aromatic rings. The first-order chi connectivity index (χ1) is 24.5. The molecule has 2 aliphatic carbocycles. The van der Waals surface area contributed by atoms with Crippen molar-refractivity contribution >= 4 is 69.2 Å². The molecule has 9 nitrogen and oxygen atoms in total. The number of phenolic OH excluding ortho intramolecular Hbond substituents is 1. The topological polar surface area (TPSA) is 116 Å². The molecule has 51 heavy (non-hydrogen) atoms. The second-order valence-electron chi connectivity index (χ2n) is 13.3. The van der Waals surface area contributed by atoms with Gasteiger partial charge in [0, 0.05) is 20.1 Å². The highest BCUT2D eigenvalue weighted by Gasteiger charge is 2.70. The molecule has 4 amide bonds. The van der Waals surface area contributed by atoms with Crippen LogP contribution in [0.4, 0.5) is 15.8 Å². The number of allylic oxidation sites excluding steroid dienone is 2. The number of methoxy groups -OCH3 is 1. The monoisotopic (exact) mass is 817 g/mol. The number of phenols is 1. The summed E-state index contributed by atoms with van der Waals surface area (Å²) in [7, 11) is 1.49. The van der Waals surface area contributed by atoms with E-state index in [0.29, 0.717) is 38.8 Å². The number of carbonyl (C=O) groups excluding carboxylic acids is 4. The Morgan fingerprint density at radius 3 is 2.29 bits per heavy atom. The first-order valence-electron chi connectivity index (χ1n) is 16.4. The van der Waals surface area contributed by atoms with Crippen LogP contribution < -0.4 is 15.1 Å². The number of imide groups is 2. The molecule has 2 saturated heterocycles. The second-order valence-corrected chi connectivity index (χ2v) is 15.0. The summed E-state index contributed by atoms with van der Waals surface area (Å²) in [5, 5.41) is 13.0. The molecule has 0 bridgehead atoms. The molecule has 4 aliphatic rings. The van der Waals surface area contributed by atoms with Gasteiger partial charge >= 0.3 is 0 Å². The Kier molecular flexibility index (Phi) is 8.17. The molecule has 1 saturated carbocycles. The van der Waals surface area contributed by atoms with E-state index in [2.05, 4.69) is 28.0 Å². The van der Waals surface area contributed by atoms with Gasteiger partial charge in [0.05, 0.1) is 41.7 Å². The molecule has 0 unspecified atom stereocenters. The zero-order valence-electron chi connectivity index (χ0n) is 27.1. The van der Waals surface area contributed by atoms with Crippen molar-refractivity contribution in [1.82, 2.24) is 5.01 Å². The zero-order chi connectivity index (χ0) is 35.8. The number of hydrazine groups is 1. The number of aromatic hydroxyl groups is 1. The minimum absolute atomic E-state index is 0.0720. The largest absolute Gasteiger partial charge is 0.508 e. The van der Waals surface area contributed by atoms with E-state index >= 15 is 4.79 Å². The molecule has 12 heteroatoms. The van der Waals surface area contributed by atoms with E-state index in [-0.39, 0.29) is 30.4 Å². The number of anilines is 2. The molecule has 2 aliphatic heterocycles. The summed E-state index contributed by atoms with van der Waals surface area (Å²) in [6, 6.07) is 23.9. The molecule has 0 radical (unpaired) electrons. The van der Waals surface area contributed by atoms with E-state index in [9.17, 15) is 23.9 Å². The van der Waals surface area contributed by atoms with Crippen LogP contribution in [0, 0.1) is 33.1 Å². The van der Waals surface area contributed by atoms with Crippen LogP contribution in [-0.2, 0) is 24.6 Å². The first kappa shape index (κ1) is 33.4. The van der Waals surface area contributed by atoms with Gasteiger partial charge in [-0.2, -0.15) is 5.01 Å². The number of amides is 4. The molecular weight excluding hydrogens is 788 g/mol. The summed E-state index contributed by atoms with van der Waals surface area (Å²) >= 11 is 8.51. The lowest BCUT2D eigenvalue weighted by Crippen LogP contribution is -2.53. The van der Waals surface area contributed by atoms with E-state index < -0.39 is 52.6 Å². The fourth-order valence-corrected chi connectivity index (χ4v) is 9.22. The number of carbonyl (C=O) groups is 4. The lowest BCUT2D eigenvalue weighted by atomic mass is 9.49. The van der Waals surface area contributed by atoms with Gasteiger partial charge in [-0.1, -0.05) is 35.4 Å². The standard InChI is InChI=1S/C39H30ClFIN3O6/c1-51-26-14-17-32(46)30(18-26)34-27-15-16-28-33(37(49)44(35(28)47)25-12-8-23(42)9-13-25)29(27)19-31-36(48)45(43-24-10-6-22(41)7-11-24)38(50)39(31,34)20-2-4-21(40)5-3-20/h2-15,17-18,28-29,31,33-34,43,46H,16,19H2,1H3/t28-,29+,31-,33-,34+,39+/m0/s1. The Morgan fingerprint density at radius 1 is 0.902 bits per heavy atom. The Morgan fingerprint density at radius 2 is 1.61 bits per heavy atom. The van der Waals surface area contributed by atoms with E-state index in [1.807, 2.05) is 18.2 Å². The highest BCUT2D eigenvalue weighted by atomic mass is 127. The predicted molar refractivity (Wildman–Crippen MR) is 195 cm³/mol. The number of rotatable bonds is 6. The second kappa shape index (κ2) is 12.5. The maximum atomic E-state index is 15.2. The Balaban J connectivity index is 1.34. The third-order valence-electron chi connectivity index (χ3n) is 10.9. The van der Waals surface area contributed by atoms with Crippen LogP contribution >= 0.6 is 34.2 Å². The van der Waals surface area contributed by atoms with Crippen LogP contribution in [-0.4, -0.2) is 40.9 Å². The molecule has 0 spiro atoms. The number of halogens is 3. The minimum atomic E-state index is -1.63. The summed E-state index contributed by atoms with van der Waals surface area (Å²) in [6.45, 7) is 0. The number of nitrogens with one attached hydrogen (secondary N) is 1. The van der Waals surface area contributed by atoms with Crippen molar-refractivity contribution in [2.24, 2.45) is 23.7 Å². The van der Waals surface area contributed by atoms with E-state index in [4.69, 9.17) is 16.3 Å². The lowest BCUT2D eigenvalue weighted by molar-refractivity contribution is -0.138. The predicted octanol–water partition coefficient (Wildman–Crippen LogP) is 6.99. The zero-order valence-corrected chi connectivity index (χ0v) is 30.0. The normalized spacial score (nSPS) is 26.8. The third kappa shape index (κ3) is 5.07. The van der Waals surface area contributed by atoms with Gasteiger partial charge < -0.3 is 9.84 Å². The van der Waals surface area contributed by atoms with Crippen molar-refractivity contribution in [3.8, 4) is 11.5 Å². The van der Waals surface area contributed by atoms with Gasteiger partial charge in [-0.05, 0) is 126 Å². The molecule has 6 atom stereocenters. The number of hydrogen-bond acceptors (Lipinski definition) is 7. The highest BCUT2D eigenvalue weighted by molar-refractivity contribution is 14.1. The number of benzene rings is 4. The maximum absolute atomic E-state index is 15.2. The van der Waals surface area contributed by atoms with Crippen LogP contribution in [0.3, 0.4) is 0 Å². The third-order valence-corrected chi connectivity index (χ3v) is 11.9. The molecule has 3 fully saturated rings. The van der Waals surface area contributed by atoms with Crippen molar-refractivity contribution < 1.29 is 33.4 Å². The van der Waals surface area contributed by atoms with E-state index in [1.54, 1.807) is 48.5 Å². The van der Waals surface area contributed by atoms with Crippen LogP contribution in [0.5, 0.6) is 11.5 Å². The number of hydrogen-bond donors (Lipinski definition) is 2. The summed E-state index contributed by atoms with van der Waals surface area (Å²) in [6.07, 6.45) is 2.21. The van der Waals surface area contributed by atoms with Crippen molar-refractivity contribution in [3.05, 3.63) is 128 Å². The lowest BCUT2D eigenvalue weighted by Gasteiger charge is -2.50. The average Bonchev–Trinajstić information content (AvgIpc) is 3.51. The van der Waals surface area contributed by atoms with Gasteiger partial charge in [0.1, 0.15) is 17.3 Å². The number of nitrogens with zero attached hydrogens (tertiary/aromatic N) is 2. The van der Waals surface area contributed by atoms with Gasteiger partial charge in [-0.25, -0.2) is 4.39 Å². The fraction of sp³-hybridized carbons (Fsp3) is 0.231. The fourth-order valence-electron chi connectivity index (χ4n) is 8.74. The molecule has 8 rings (SSSR count). The molecule has 2 heterocycles. The van der Waals surface area contributed by atoms with Crippen molar-refractivity contribution in [2.45, 2.75) is 24.2 Å². The van der Waals surface area contributed by atoms with Crippen LogP contribution in [0.25, 0.3) is 0 Å². The summed E-state index contributed by atoms with van der Waals surface area (Å²) in [5.74, 6) is -6.16. The summed E-state index contributed by atoms with van der Waals surface area (Å²) in [5.41, 5.74) is 3.57. The van der Waals surface area contributed by atoms with Crippen LogP contribution in [0.15, 0.2) is 103 Å². The van der Waals surface area contributed by atoms with Crippen molar-refractivity contribution in [2.75, 3.05) is 17.4 Å². The average molecular weight is 818 g/mol. The van der Waals surface area contributed by atoms with E-state index in [1.165, 1.54) is 42.3 Å². The van der Waals surface area contributed by atoms with Gasteiger partial charge in [-0.3, -0.25) is 29.5 Å². The highest BCUT2D eigenvalue weighted by Crippen LogP contribution is 2.65. The van der Waals surface area contributed by atoms with Crippen molar-refractivity contribution in [1.29, 1.82) is 0 Å². The van der Waals surface area contributed by atoms with Gasteiger partial charge in [-0.15, -0.1) is 0 Å². The van der Waals surface area contributed by atoms with Crippen molar-refractivity contribution in [3.63, 3.8) is 0 Å². The molecule has 0 aromatic heterocycles. The van der Waals surface area contributed by atoms with Gasteiger partial charge in [0.15, 0.2) is 0 Å². The van der Waals surface area contributed by atoms with Gasteiger partial charge in [0.2, 0.25) is 11.8 Å². The molecule has 2 N–H and O–H groups in total. The first-order valence-corrected chi connectivity index (χ1v) is 17.9. The smallest absolute Gasteiger partial charge is 0.260 e. The number of fused-ring (bicyclic) bond motifs is 4. The SMILES string of the molecule is COc1ccc(O)c([C@H]2C3=CC[C@@H]4C(=O)N(c5ccc(I)cc5)C(=O)[C@@H]4[C@@H]3C[C@H]3C(=O)N(Nc4ccc(F)cc4)C(=O)[C@@]23c2ccc(Cl)cc2)c1. The maximum Gasteiger partial charge on any atom is 0.260 e. The Bertz CT molecular complexity index is 2140. The minimum Gasteiger partial charge on any atom is -0.508 e. The van der Waals surface area contributed by atoms with Gasteiger partial charge in [0.25, 0.3) is 11.8 Å². The molecule has 4 aromatic carbocycles. The number of ether oxygens (including phenoxy) is 1.